The van der Waals surface area contributed by atoms with Gasteiger partial charge in [-0.2, -0.15) is 0 Å². The van der Waals surface area contributed by atoms with Crippen molar-refractivity contribution in [1.82, 2.24) is 15.5 Å². The highest BCUT2D eigenvalue weighted by atomic mass is 16.6. The second kappa shape index (κ2) is 12.1. The van der Waals surface area contributed by atoms with E-state index < -0.39 is 58.7 Å². The summed E-state index contributed by atoms with van der Waals surface area (Å²) in [6.07, 6.45) is 5.80. The molecular formula is C26H44N4O6. The monoisotopic (exact) mass is 508 g/mol. The number of carbonyl (C=O) groups excluding carboxylic acids is 5. The molecule has 1 saturated heterocycles. The Morgan fingerprint density at radius 2 is 1.53 bits per heavy atom. The minimum atomic E-state index is -1.08. The van der Waals surface area contributed by atoms with Gasteiger partial charge in [-0.05, 0) is 51.4 Å². The molecule has 10 heteroatoms. The summed E-state index contributed by atoms with van der Waals surface area (Å²) in [6.45, 7) is 11.0. The number of Topliss-reactive ketones (excluding diaryl/α,β-unsaturated/α-hetero) is 1. The Kier molecular flexibility index (Phi) is 9.91. The number of carbonyl (C=O) groups is 5. The number of hydrogen-bond acceptors (Lipinski definition) is 6. The van der Waals surface area contributed by atoms with E-state index in [4.69, 9.17) is 10.5 Å². The zero-order chi connectivity index (χ0) is 27.3. The maximum atomic E-state index is 13.6. The van der Waals surface area contributed by atoms with Crippen LogP contribution in [0.25, 0.3) is 0 Å². The SMILES string of the molecule is CC(C)(C)OC(=O)NC(C(=O)N1CCC[C@H]1C(=O)NC(CC1CCCCC1)C(=O)C(N)=O)C(C)(C)C. The van der Waals surface area contributed by atoms with E-state index in [-0.39, 0.29) is 5.92 Å². The average molecular weight is 509 g/mol. The van der Waals surface area contributed by atoms with Crippen molar-refractivity contribution in [2.45, 2.75) is 117 Å². The average Bonchev–Trinajstić information content (AvgIpc) is 3.25. The van der Waals surface area contributed by atoms with Crippen LogP contribution < -0.4 is 16.4 Å². The van der Waals surface area contributed by atoms with Gasteiger partial charge in [0.05, 0.1) is 6.04 Å². The van der Waals surface area contributed by atoms with Crippen LogP contribution in [0.5, 0.6) is 0 Å². The molecular weight excluding hydrogens is 464 g/mol. The van der Waals surface area contributed by atoms with Crippen molar-refractivity contribution in [1.29, 1.82) is 0 Å². The molecule has 2 unspecified atom stereocenters. The van der Waals surface area contributed by atoms with Gasteiger partial charge in [0.15, 0.2) is 0 Å². The van der Waals surface area contributed by atoms with E-state index in [1.54, 1.807) is 20.8 Å². The van der Waals surface area contributed by atoms with Crippen LogP contribution in [-0.4, -0.2) is 64.8 Å². The summed E-state index contributed by atoms with van der Waals surface area (Å²) in [6, 6.07) is -2.74. The molecule has 2 rings (SSSR count). The second-order valence-corrected chi connectivity index (χ2v) is 12.2. The molecule has 4 N–H and O–H groups in total. The number of nitrogens with two attached hydrogens (primary N) is 1. The second-order valence-electron chi connectivity index (χ2n) is 12.2. The normalized spacial score (nSPS) is 20.8. The van der Waals surface area contributed by atoms with Gasteiger partial charge in [0.1, 0.15) is 17.7 Å². The Morgan fingerprint density at radius 1 is 0.917 bits per heavy atom. The lowest BCUT2D eigenvalue weighted by atomic mass is 9.84. The third kappa shape index (κ3) is 8.48. The van der Waals surface area contributed by atoms with Crippen molar-refractivity contribution in [3.8, 4) is 0 Å². The van der Waals surface area contributed by atoms with E-state index in [0.29, 0.717) is 25.8 Å². The molecule has 2 fully saturated rings. The van der Waals surface area contributed by atoms with Crippen molar-refractivity contribution in [3.63, 3.8) is 0 Å². The van der Waals surface area contributed by atoms with Crippen LogP contribution in [0, 0.1) is 11.3 Å². The Balaban J connectivity index is 2.16. The maximum absolute atomic E-state index is 13.6. The number of likely N-dealkylation sites (tertiary alicyclic amines) is 1. The maximum Gasteiger partial charge on any atom is 0.408 e. The van der Waals surface area contributed by atoms with Crippen LogP contribution in [0.1, 0.15) is 92.9 Å². The van der Waals surface area contributed by atoms with Crippen molar-refractivity contribution >= 4 is 29.6 Å². The smallest absolute Gasteiger partial charge is 0.408 e. The topological polar surface area (TPSA) is 148 Å². The molecule has 0 bridgehead atoms. The number of alkyl carbamates (subject to hydrolysis) is 1. The highest BCUT2D eigenvalue weighted by Gasteiger charge is 2.43. The number of nitrogens with zero attached hydrogens (tertiary/aromatic N) is 1. The fourth-order valence-corrected chi connectivity index (χ4v) is 4.97. The molecule has 0 aromatic heterocycles. The zero-order valence-corrected chi connectivity index (χ0v) is 22.6. The number of hydrogen-bond donors (Lipinski definition) is 3. The number of primary amides is 1. The molecule has 204 valence electrons. The van der Waals surface area contributed by atoms with Gasteiger partial charge in [0.2, 0.25) is 17.6 Å². The van der Waals surface area contributed by atoms with E-state index in [1.807, 2.05) is 20.8 Å². The third-order valence-corrected chi connectivity index (χ3v) is 6.78. The first-order valence-electron chi connectivity index (χ1n) is 13.0. The van der Waals surface area contributed by atoms with Crippen LogP contribution >= 0.6 is 0 Å². The van der Waals surface area contributed by atoms with Gasteiger partial charge >= 0.3 is 6.09 Å². The van der Waals surface area contributed by atoms with E-state index in [2.05, 4.69) is 10.6 Å². The van der Waals surface area contributed by atoms with Crippen molar-refractivity contribution < 1.29 is 28.7 Å². The highest BCUT2D eigenvalue weighted by Crippen LogP contribution is 2.29. The highest BCUT2D eigenvalue weighted by molar-refractivity contribution is 6.37. The Bertz CT molecular complexity index is 838. The molecule has 0 spiro atoms. The standard InChI is InChI=1S/C26H44N4O6/c1-25(2,3)20(29-24(35)36-26(4,5)6)23(34)30-14-10-13-18(30)22(33)28-17(19(31)21(27)32)15-16-11-8-7-9-12-16/h16-18,20H,7-15H2,1-6H3,(H2,27,32)(H,28,33)(H,29,35)/t17?,18-,20?/m0/s1. The summed E-state index contributed by atoms with van der Waals surface area (Å²) in [7, 11) is 0. The fourth-order valence-electron chi connectivity index (χ4n) is 4.97. The van der Waals surface area contributed by atoms with Gasteiger partial charge in [-0.1, -0.05) is 52.9 Å². The van der Waals surface area contributed by atoms with E-state index in [9.17, 15) is 24.0 Å². The van der Waals surface area contributed by atoms with Gasteiger partial charge < -0.3 is 26.0 Å². The van der Waals surface area contributed by atoms with Crippen LogP contribution in [0.15, 0.2) is 0 Å². The molecule has 0 aromatic carbocycles. The molecule has 2 aliphatic rings. The fraction of sp³-hybridized carbons (Fsp3) is 0.808. The molecule has 1 heterocycles. The first kappa shape index (κ1) is 29.6. The molecule has 10 nitrogen and oxygen atoms in total. The minimum absolute atomic E-state index is 0.233. The van der Waals surface area contributed by atoms with Crippen LogP contribution in [0.4, 0.5) is 4.79 Å². The molecule has 0 aromatic rings. The minimum Gasteiger partial charge on any atom is -0.444 e. The molecule has 1 saturated carbocycles. The lowest BCUT2D eigenvalue weighted by Crippen LogP contribution is -2.59. The largest absolute Gasteiger partial charge is 0.444 e. The summed E-state index contributed by atoms with van der Waals surface area (Å²) >= 11 is 0. The molecule has 36 heavy (non-hydrogen) atoms. The molecule has 4 amide bonds. The van der Waals surface area contributed by atoms with Gasteiger partial charge in [0.25, 0.3) is 5.91 Å². The van der Waals surface area contributed by atoms with E-state index in [1.165, 1.54) is 4.90 Å². The van der Waals surface area contributed by atoms with Crippen LogP contribution in [0.2, 0.25) is 0 Å². The van der Waals surface area contributed by atoms with E-state index >= 15 is 0 Å². The lowest BCUT2D eigenvalue weighted by molar-refractivity contribution is -0.143. The molecule has 1 aliphatic carbocycles. The van der Waals surface area contributed by atoms with E-state index in [0.717, 1.165) is 32.1 Å². The van der Waals surface area contributed by atoms with Gasteiger partial charge in [0, 0.05) is 6.54 Å². The van der Waals surface area contributed by atoms with Crippen molar-refractivity contribution in [3.05, 3.63) is 0 Å². The summed E-state index contributed by atoms with van der Waals surface area (Å²) < 4.78 is 5.34. The molecule has 0 radical (unpaired) electrons. The predicted octanol–water partition coefficient (Wildman–Crippen LogP) is 2.43. The Hall–Kier alpha value is -2.65. The summed E-state index contributed by atoms with van der Waals surface area (Å²) in [5, 5.41) is 5.40. The lowest BCUT2D eigenvalue weighted by Gasteiger charge is -2.36. The first-order valence-corrected chi connectivity index (χ1v) is 13.0. The van der Waals surface area contributed by atoms with Gasteiger partial charge in [-0.15, -0.1) is 0 Å². The van der Waals surface area contributed by atoms with Crippen molar-refractivity contribution in [2.75, 3.05) is 6.54 Å². The van der Waals surface area contributed by atoms with Crippen LogP contribution in [-0.2, 0) is 23.9 Å². The van der Waals surface area contributed by atoms with Crippen LogP contribution in [0.3, 0.4) is 0 Å². The molecule has 1 aliphatic heterocycles. The quantitative estimate of drug-likeness (QED) is 0.429. The van der Waals surface area contributed by atoms with Gasteiger partial charge in [-0.3, -0.25) is 19.2 Å². The number of ether oxygens (including phenoxy) is 1. The third-order valence-electron chi connectivity index (χ3n) is 6.78. The predicted molar refractivity (Wildman–Crippen MR) is 135 cm³/mol. The number of ketones is 1. The number of rotatable bonds is 8. The summed E-state index contributed by atoms with van der Waals surface area (Å²) in [5.41, 5.74) is 3.89. The number of amides is 4. The first-order chi connectivity index (χ1) is 16.6. The van der Waals surface area contributed by atoms with Crippen molar-refractivity contribution in [2.24, 2.45) is 17.1 Å². The Labute approximate surface area is 214 Å². The summed E-state index contributed by atoms with van der Waals surface area (Å²) in [5.74, 6) is -2.54. The zero-order valence-electron chi connectivity index (χ0n) is 22.6. The van der Waals surface area contributed by atoms with Gasteiger partial charge in [-0.25, -0.2) is 4.79 Å². The summed E-state index contributed by atoms with van der Waals surface area (Å²) in [4.78, 5) is 65.0. The number of nitrogens with one attached hydrogen (secondary N) is 2. The molecule has 3 atom stereocenters. The Morgan fingerprint density at radius 3 is 2.06 bits per heavy atom.